The SMILES string of the molecule is NC(N)=S.c1ccc2ncncc2c1. The average Bonchev–Trinajstić information content (AvgIpc) is 2.17. The molecule has 2 rings (SSSR count). The van der Waals surface area contributed by atoms with Gasteiger partial charge in [-0.15, -0.1) is 0 Å². The molecule has 1 aromatic carbocycles. The molecule has 72 valence electrons. The summed E-state index contributed by atoms with van der Waals surface area (Å²) in [6.07, 6.45) is 3.37. The first-order valence-electron chi connectivity index (χ1n) is 3.90. The van der Waals surface area contributed by atoms with Gasteiger partial charge in [-0.3, -0.25) is 0 Å². The van der Waals surface area contributed by atoms with Gasteiger partial charge >= 0.3 is 0 Å². The molecule has 5 heteroatoms. The number of nitrogens with zero attached hydrogens (tertiary/aromatic N) is 2. The van der Waals surface area contributed by atoms with Crippen molar-refractivity contribution >= 4 is 28.2 Å². The normalized spacial score (nSPS) is 8.86. The van der Waals surface area contributed by atoms with Gasteiger partial charge in [-0.1, -0.05) is 18.2 Å². The van der Waals surface area contributed by atoms with Crippen molar-refractivity contribution in [2.24, 2.45) is 11.5 Å². The molecule has 2 aromatic rings. The van der Waals surface area contributed by atoms with Gasteiger partial charge in [-0.05, 0) is 18.3 Å². The van der Waals surface area contributed by atoms with E-state index in [2.05, 4.69) is 33.7 Å². The maximum atomic E-state index is 4.62. The van der Waals surface area contributed by atoms with E-state index in [0.29, 0.717) is 0 Å². The number of nitrogens with two attached hydrogens (primary N) is 2. The third-order valence-electron chi connectivity index (χ3n) is 1.41. The molecule has 0 aliphatic carbocycles. The van der Waals surface area contributed by atoms with Crippen molar-refractivity contribution in [3.05, 3.63) is 36.8 Å². The van der Waals surface area contributed by atoms with Crippen LogP contribution in [0.1, 0.15) is 0 Å². The van der Waals surface area contributed by atoms with Crippen LogP contribution in [0.3, 0.4) is 0 Å². The highest BCUT2D eigenvalue weighted by molar-refractivity contribution is 7.80. The zero-order valence-electron chi connectivity index (χ0n) is 7.42. The van der Waals surface area contributed by atoms with Crippen molar-refractivity contribution in [1.29, 1.82) is 0 Å². The Hall–Kier alpha value is -1.75. The van der Waals surface area contributed by atoms with Gasteiger partial charge < -0.3 is 11.5 Å². The minimum Gasteiger partial charge on any atom is -0.377 e. The molecule has 1 aromatic heterocycles. The lowest BCUT2D eigenvalue weighted by atomic mass is 10.2. The van der Waals surface area contributed by atoms with E-state index in [1.54, 1.807) is 6.33 Å². The van der Waals surface area contributed by atoms with Crippen molar-refractivity contribution in [3.63, 3.8) is 0 Å². The molecular weight excluding hydrogens is 196 g/mol. The molecule has 0 saturated heterocycles. The van der Waals surface area contributed by atoms with Crippen LogP contribution in [0.2, 0.25) is 0 Å². The number of hydrogen-bond donors (Lipinski definition) is 2. The predicted octanol–water partition coefficient (Wildman–Crippen LogP) is 0.818. The van der Waals surface area contributed by atoms with Crippen LogP contribution in [-0.2, 0) is 0 Å². The van der Waals surface area contributed by atoms with E-state index in [1.807, 2.05) is 30.5 Å². The lowest BCUT2D eigenvalue weighted by Crippen LogP contribution is -2.18. The molecule has 0 radical (unpaired) electrons. The maximum Gasteiger partial charge on any atom is 0.160 e. The van der Waals surface area contributed by atoms with Gasteiger partial charge in [0, 0.05) is 11.6 Å². The molecule has 14 heavy (non-hydrogen) atoms. The zero-order chi connectivity index (χ0) is 10.4. The van der Waals surface area contributed by atoms with E-state index in [9.17, 15) is 0 Å². The summed E-state index contributed by atoms with van der Waals surface area (Å²) >= 11 is 4.09. The van der Waals surface area contributed by atoms with E-state index < -0.39 is 0 Å². The van der Waals surface area contributed by atoms with Gasteiger partial charge in [0.2, 0.25) is 0 Å². The van der Waals surface area contributed by atoms with Gasteiger partial charge in [0.05, 0.1) is 5.52 Å². The average molecular weight is 206 g/mol. The van der Waals surface area contributed by atoms with E-state index in [1.165, 1.54) is 0 Å². The molecule has 4 N–H and O–H groups in total. The number of aromatic nitrogens is 2. The molecule has 1 heterocycles. The number of hydrogen-bond acceptors (Lipinski definition) is 3. The topological polar surface area (TPSA) is 77.8 Å². The molecule has 0 aliphatic heterocycles. The van der Waals surface area contributed by atoms with Crippen molar-refractivity contribution < 1.29 is 0 Å². The molecule has 0 bridgehead atoms. The van der Waals surface area contributed by atoms with Gasteiger partial charge in [0.15, 0.2) is 5.11 Å². The summed E-state index contributed by atoms with van der Waals surface area (Å²) in [5.74, 6) is 0. The molecule has 0 aliphatic rings. The highest BCUT2D eigenvalue weighted by Gasteiger charge is 1.87. The van der Waals surface area contributed by atoms with E-state index in [4.69, 9.17) is 0 Å². The summed E-state index contributed by atoms with van der Waals surface area (Å²) in [4.78, 5) is 7.97. The van der Waals surface area contributed by atoms with Gasteiger partial charge in [-0.25, -0.2) is 9.97 Å². The summed E-state index contributed by atoms with van der Waals surface area (Å²) in [5.41, 5.74) is 10.2. The molecule has 0 fully saturated rings. The second kappa shape index (κ2) is 5.08. The number of rotatable bonds is 0. The highest BCUT2D eigenvalue weighted by atomic mass is 32.1. The van der Waals surface area contributed by atoms with Crippen LogP contribution in [-0.4, -0.2) is 15.1 Å². The quantitative estimate of drug-likeness (QED) is 0.624. The zero-order valence-corrected chi connectivity index (χ0v) is 8.24. The first-order chi connectivity index (χ1) is 6.70. The number of thiocarbonyl (C=S) groups is 1. The second-order valence-electron chi connectivity index (χ2n) is 2.48. The summed E-state index contributed by atoms with van der Waals surface area (Å²) < 4.78 is 0. The Balaban J connectivity index is 0.000000213. The summed E-state index contributed by atoms with van der Waals surface area (Å²) in [5, 5.41) is 1.09. The Bertz CT molecular complexity index is 360. The Morgan fingerprint density at radius 2 is 1.86 bits per heavy atom. The Morgan fingerprint density at radius 1 is 1.21 bits per heavy atom. The maximum absolute atomic E-state index is 4.62. The fraction of sp³-hybridized carbons (Fsp3) is 0. The first kappa shape index (κ1) is 10.3. The van der Waals surface area contributed by atoms with Crippen LogP contribution in [0, 0.1) is 0 Å². The molecule has 0 unspecified atom stereocenters. The number of para-hydroxylation sites is 1. The smallest absolute Gasteiger partial charge is 0.160 e. The second-order valence-corrected chi connectivity index (χ2v) is 2.96. The summed E-state index contributed by atoms with van der Waals surface area (Å²) in [7, 11) is 0. The van der Waals surface area contributed by atoms with Crippen LogP contribution in [0.4, 0.5) is 0 Å². The number of fused-ring (bicyclic) bond motifs is 1. The summed E-state index contributed by atoms with van der Waals surface area (Å²) in [6, 6.07) is 7.91. The van der Waals surface area contributed by atoms with E-state index >= 15 is 0 Å². The molecule has 0 atom stereocenters. The third kappa shape index (κ3) is 3.32. The van der Waals surface area contributed by atoms with Crippen LogP contribution in [0.15, 0.2) is 36.8 Å². The molecule has 4 nitrogen and oxygen atoms in total. The molecule has 0 amide bonds. The van der Waals surface area contributed by atoms with Crippen molar-refractivity contribution in [2.75, 3.05) is 0 Å². The van der Waals surface area contributed by atoms with E-state index in [0.717, 1.165) is 10.9 Å². The minimum absolute atomic E-state index is 0.000000000000000222. The predicted molar refractivity (Wildman–Crippen MR) is 60.5 cm³/mol. The Kier molecular flexibility index (Phi) is 3.75. The molecular formula is C9H10N4S. The Labute approximate surface area is 87.0 Å². The van der Waals surface area contributed by atoms with Crippen LogP contribution >= 0.6 is 12.2 Å². The monoisotopic (exact) mass is 206 g/mol. The van der Waals surface area contributed by atoms with Crippen LogP contribution < -0.4 is 11.5 Å². The number of benzene rings is 1. The van der Waals surface area contributed by atoms with Crippen molar-refractivity contribution in [1.82, 2.24) is 9.97 Å². The Morgan fingerprint density at radius 3 is 2.50 bits per heavy atom. The fourth-order valence-electron chi connectivity index (χ4n) is 0.923. The molecule has 0 spiro atoms. The fourth-order valence-corrected chi connectivity index (χ4v) is 0.923. The highest BCUT2D eigenvalue weighted by Crippen LogP contribution is 2.06. The van der Waals surface area contributed by atoms with Crippen LogP contribution in [0.5, 0.6) is 0 Å². The van der Waals surface area contributed by atoms with Crippen LogP contribution in [0.25, 0.3) is 10.9 Å². The lowest BCUT2D eigenvalue weighted by Gasteiger charge is -1.90. The first-order valence-corrected chi connectivity index (χ1v) is 4.30. The van der Waals surface area contributed by atoms with Gasteiger partial charge in [0.25, 0.3) is 0 Å². The van der Waals surface area contributed by atoms with Crippen molar-refractivity contribution in [3.8, 4) is 0 Å². The summed E-state index contributed by atoms with van der Waals surface area (Å²) in [6.45, 7) is 0. The van der Waals surface area contributed by atoms with Crippen molar-refractivity contribution in [2.45, 2.75) is 0 Å². The minimum atomic E-state index is 0.000000000000000222. The van der Waals surface area contributed by atoms with E-state index in [-0.39, 0.29) is 5.11 Å². The third-order valence-corrected chi connectivity index (χ3v) is 1.41. The van der Waals surface area contributed by atoms with Gasteiger partial charge in [-0.2, -0.15) is 0 Å². The lowest BCUT2D eigenvalue weighted by molar-refractivity contribution is 1.22. The standard InChI is InChI=1S/C8H6N2.CH4N2S/c1-2-4-8-7(3-1)5-9-6-10-8;2-1(3)4/h1-6H;(H4,2,3,4). The molecule has 0 saturated carbocycles. The van der Waals surface area contributed by atoms with Gasteiger partial charge in [0.1, 0.15) is 6.33 Å². The largest absolute Gasteiger partial charge is 0.377 e.